The molecular weight excluding hydrogens is 216 g/mol. The van der Waals surface area contributed by atoms with Crippen molar-refractivity contribution >= 4 is 21.7 Å². The molecule has 1 aliphatic rings. The molecule has 1 heterocycles. The summed E-state index contributed by atoms with van der Waals surface area (Å²) in [7, 11) is -2.14. The van der Waals surface area contributed by atoms with Gasteiger partial charge >= 0.3 is 0 Å². The first kappa shape index (κ1) is 9.92. The Balaban J connectivity index is 2.82. The highest BCUT2D eigenvalue weighted by Crippen LogP contribution is 2.38. The van der Waals surface area contributed by atoms with Gasteiger partial charge in [0.1, 0.15) is 10.6 Å². The summed E-state index contributed by atoms with van der Waals surface area (Å²) >= 11 is 0. The van der Waals surface area contributed by atoms with Crippen LogP contribution in [0.25, 0.3) is 5.57 Å². The van der Waals surface area contributed by atoms with Crippen LogP contribution in [-0.2, 0) is 14.6 Å². The Morgan fingerprint density at radius 1 is 1.33 bits per heavy atom. The first-order valence-electron chi connectivity index (χ1n) is 4.19. The van der Waals surface area contributed by atoms with Gasteiger partial charge in [0.2, 0.25) is 9.84 Å². The fourth-order valence-corrected chi connectivity index (χ4v) is 3.14. The highest BCUT2D eigenvalue weighted by molar-refractivity contribution is 7.95. The summed E-state index contributed by atoms with van der Waals surface area (Å²) in [6, 6.07) is 4.79. The van der Waals surface area contributed by atoms with Crippen molar-refractivity contribution in [2.75, 3.05) is 7.11 Å². The molecule has 5 heteroatoms. The number of methoxy groups -OCH3 is 1. The van der Waals surface area contributed by atoms with Crippen molar-refractivity contribution in [1.29, 1.82) is 0 Å². The zero-order chi connectivity index (χ0) is 11.1. The number of benzene rings is 1. The third-order valence-electron chi connectivity index (χ3n) is 2.20. The molecule has 1 aromatic rings. The molecule has 0 amide bonds. The van der Waals surface area contributed by atoms with E-state index in [9.17, 15) is 13.2 Å². The highest BCUT2D eigenvalue weighted by Gasteiger charge is 2.30. The molecule has 0 aromatic heterocycles. The van der Waals surface area contributed by atoms with E-state index in [1.165, 1.54) is 7.11 Å². The molecule has 0 unspecified atom stereocenters. The normalized spacial score (nSPS) is 16.7. The number of sulfone groups is 1. The van der Waals surface area contributed by atoms with Gasteiger partial charge in [-0.25, -0.2) is 8.42 Å². The lowest BCUT2D eigenvalue weighted by Gasteiger charge is -2.05. The number of carbonyl (C=O) groups is 1. The lowest BCUT2D eigenvalue weighted by Crippen LogP contribution is -1.97. The van der Waals surface area contributed by atoms with Crippen LogP contribution in [0.2, 0.25) is 0 Å². The summed E-state index contributed by atoms with van der Waals surface area (Å²) in [5.74, 6) is 0.264. The van der Waals surface area contributed by atoms with Gasteiger partial charge in [0, 0.05) is 16.5 Å². The average molecular weight is 224 g/mol. The van der Waals surface area contributed by atoms with Gasteiger partial charge in [0.05, 0.1) is 7.11 Å². The van der Waals surface area contributed by atoms with E-state index in [0.717, 1.165) is 5.41 Å². The number of carbonyl (C=O) groups excluding carboxylic acids is 1. The standard InChI is InChI=1S/C10H8O4S/c1-14-9-4-2-3-8-7(5-11)6-15(12,13)10(8)9/h2-6H,1H3. The van der Waals surface area contributed by atoms with Crippen molar-refractivity contribution in [3.63, 3.8) is 0 Å². The maximum atomic E-state index is 11.7. The van der Waals surface area contributed by atoms with Crippen LogP contribution in [0.5, 0.6) is 5.75 Å². The SMILES string of the molecule is COc1cccc2c1S(=O)(=O)C=C2C=O. The van der Waals surface area contributed by atoms with Crippen LogP contribution in [-0.4, -0.2) is 21.8 Å². The highest BCUT2D eigenvalue weighted by atomic mass is 32.2. The van der Waals surface area contributed by atoms with Crippen LogP contribution in [0.3, 0.4) is 0 Å². The summed E-state index contributed by atoms with van der Waals surface area (Å²) in [5.41, 5.74) is 0.577. The van der Waals surface area contributed by atoms with Gasteiger partial charge in [0.15, 0.2) is 6.29 Å². The van der Waals surface area contributed by atoms with E-state index >= 15 is 0 Å². The second-order valence-corrected chi connectivity index (χ2v) is 4.81. The van der Waals surface area contributed by atoms with E-state index in [0.29, 0.717) is 11.8 Å². The van der Waals surface area contributed by atoms with E-state index in [2.05, 4.69) is 0 Å². The first-order chi connectivity index (χ1) is 7.10. The molecule has 0 saturated carbocycles. The number of allylic oxidation sites excluding steroid dienone is 1. The molecule has 0 N–H and O–H groups in total. The Hall–Kier alpha value is -1.62. The Kier molecular flexibility index (Phi) is 2.12. The molecule has 2 rings (SSSR count). The van der Waals surface area contributed by atoms with Crippen LogP contribution in [0.4, 0.5) is 0 Å². The topological polar surface area (TPSA) is 60.4 Å². The van der Waals surface area contributed by atoms with Gasteiger partial charge in [-0.2, -0.15) is 0 Å². The fraction of sp³-hybridized carbons (Fsp3) is 0.100. The second-order valence-electron chi connectivity index (χ2n) is 3.07. The van der Waals surface area contributed by atoms with Crippen LogP contribution >= 0.6 is 0 Å². The molecule has 1 aliphatic heterocycles. The van der Waals surface area contributed by atoms with Crippen LogP contribution < -0.4 is 4.74 Å². The lowest BCUT2D eigenvalue weighted by atomic mass is 10.1. The molecule has 15 heavy (non-hydrogen) atoms. The third-order valence-corrected chi connectivity index (χ3v) is 3.76. The van der Waals surface area contributed by atoms with Crippen molar-refractivity contribution in [3.8, 4) is 5.75 Å². The Morgan fingerprint density at radius 3 is 2.67 bits per heavy atom. The average Bonchev–Trinajstić information content (AvgIpc) is 2.50. The molecule has 0 saturated heterocycles. The minimum Gasteiger partial charge on any atom is -0.495 e. The molecule has 4 nitrogen and oxygen atoms in total. The van der Waals surface area contributed by atoms with Crippen LogP contribution in [0.1, 0.15) is 5.56 Å². The molecule has 0 fully saturated rings. The molecule has 0 atom stereocenters. The molecule has 0 bridgehead atoms. The van der Waals surface area contributed by atoms with Gasteiger partial charge in [-0.15, -0.1) is 0 Å². The summed E-state index contributed by atoms with van der Waals surface area (Å²) < 4.78 is 28.3. The van der Waals surface area contributed by atoms with Gasteiger partial charge in [-0.3, -0.25) is 4.79 Å². The fourth-order valence-electron chi connectivity index (χ4n) is 1.58. The molecular formula is C10H8O4S. The number of hydrogen-bond donors (Lipinski definition) is 0. The molecule has 0 aliphatic carbocycles. The zero-order valence-corrected chi connectivity index (χ0v) is 8.74. The summed E-state index contributed by atoms with van der Waals surface area (Å²) in [4.78, 5) is 10.8. The van der Waals surface area contributed by atoms with Crippen LogP contribution in [0, 0.1) is 0 Å². The predicted octanol–water partition coefficient (Wildman–Crippen LogP) is 1.02. The zero-order valence-electron chi connectivity index (χ0n) is 7.93. The second kappa shape index (κ2) is 3.20. The molecule has 0 radical (unpaired) electrons. The van der Waals surface area contributed by atoms with E-state index in [4.69, 9.17) is 4.74 Å². The van der Waals surface area contributed by atoms with Gasteiger partial charge in [-0.1, -0.05) is 12.1 Å². The first-order valence-corrected chi connectivity index (χ1v) is 5.74. The maximum Gasteiger partial charge on any atom is 0.204 e. The van der Waals surface area contributed by atoms with Crippen molar-refractivity contribution < 1.29 is 17.9 Å². The summed E-state index contributed by atoms with van der Waals surface area (Å²) in [5, 5.41) is 0.965. The van der Waals surface area contributed by atoms with Crippen molar-refractivity contribution in [2.24, 2.45) is 0 Å². The Labute approximate surface area is 87.1 Å². The van der Waals surface area contributed by atoms with E-state index in [-0.39, 0.29) is 16.2 Å². The number of fused-ring (bicyclic) bond motifs is 1. The smallest absolute Gasteiger partial charge is 0.204 e. The predicted molar refractivity (Wildman–Crippen MR) is 54.2 cm³/mol. The molecule has 1 aromatic carbocycles. The quantitative estimate of drug-likeness (QED) is 0.704. The van der Waals surface area contributed by atoms with Crippen molar-refractivity contribution in [2.45, 2.75) is 4.90 Å². The monoisotopic (exact) mass is 224 g/mol. The van der Waals surface area contributed by atoms with E-state index < -0.39 is 9.84 Å². The Bertz CT molecular complexity index is 555. The molecule has 78 valence electrons. The number of rotatable bonds is 2. The third kappa shape index (κ3) is 1.35. The minimum atomic E-state index is -3.53. The summed E-state index contributed by atoms with van der Waals surface area (Å²) in [6.07, 6.45) is 0.531. The maximum absolute atomic E-state index is 11.7. The van der Waals surface area contributed by atoms with Gasteiger partial charge < -0.3 is 4.74 Å². The summed E-state index contributed by atoms with van der Waals surface area (Å²) in [6.45, 7) is 0. The number of hydrogen-bond acceptors (Lipinski definition) is 4. The largest absolute Gasteiger partial charge is 0.495 e. The van der Waals surface area contributed by atoms with Gasteiger partial charge in [-0.05, 0) is 6.07 Å². The number of ether oxygens (including phenoxy) is 1. The van der Waals surface area contributed by atoms with Gasteiger partial charge in [0.25, 0.3) is 0 Å². The molecule has 0 spiro atoms. The Morgan fingerprint density at radius 2 is 2.07 bits per heavy atom. The van der Waals surface area contributed by atoms with Crippen molar-refractivity contribution in [3.05, 3.63) is 29.2 Å². The van der Waals surface area contributed by atoms with Crippen molar-refractivity contribution in [1.82, 2.24) is 0 Å². The van der Waals surface area contributed by atoms with E-state index in [1.54, 1.807) is 18.2 Å². The lowest BCUT2D eigenvalue weighted by molar-refractivity contribution is -0.103. The minimum absolute atomic E-state index is 0.0783. The van der Waals surface area contributed by atoms with E-state index in [1.807, 2.05) is 0 Å². The number of aldehydes is 1. The van der Waals surface area contributed by atoms with Crippen LogP contribution in [0.15, 0.2) is 28.5 Å².